The van der Waals surface area contributed by atoms with Gasteiger partial charge in [-0.25, -0.2) is 0 Å². The van der Waals surface area contributed by atoms with Crippen molar-refractivity contribution in [1.29, 1.82) is 0 Å². The number of nitrogens with two attached hydrogens (primary N) is 1. The molecular formula is C13H21BrN4. The molecule has 0 radical (unpaired) electrons. The van der Waals surface area contributed by atoms with Crippen LogP contribution in [-0.4, -0.2) is 22.5 Å². The minimum absolute atomic E-state index is 0.318. The fourth-order valence-corrected chi connectivity index (χ4v) is 2.12. The molecule has 0 saturated heterocycles. The molecule has 1 rings (SSSR count). The van der Waals surface area contributed by atoms with Gasteiger partial charge in [0.25, 0.3) is 0 Å². The molecule has 1 aromatic heterocycles. The van der Waals surface area contributed by atoms with Gasteiger partial charge < -0.3 is 5.73 Å². The van der Waals surface area contributed by atoms with Crippen molar-refractivity contribution in [2.45, 2.75) is 27.2 Å². The SMILES string of the molecule is CCN=CC(Cc1cn(C)nc1Br)=C(N)C(C)C. The first kappa shape index (κ1) is 15.0. The summed E-state index contributed by atoms with van der Waals surface area (Å²) in [6, 6.07) is 0. The van der Waals surface area contributed by atoms with E-state index >= 15 is 0 Å². The standard InChI is InChI=1S/C13H21BrN4/c1-5-16-7-10(12(15)9(2)3)6-11-8-18(4)17-13(11)14/h7-9H,5-6,15H2,1-4H3. The van der Waals surface area contributed by atoms with E-state index in [4.69, 9.17) is 5.73 Å². The van der Waals surface area contributed by atoms with Crippen LogP contribution in [0.1, 0.15) is 26.3 Å². The lowest BCUT2D eigenvalue weighted by molar-refractivity contribution is 0.746. The normalized spacial score (nSPS) is 13.4. The molecule has 2 N–H and O–H groups in total. The summed E-state index contributed by atoms with van der Waals surface area (Å²) in [5.74, 6) is 0.318. The Hall–Kier alpha value is -1.10. The second-order valence-corrected chi connectivity index (χ2v) is 5.31. The zero-order valence-electron chi connectivity index (χ0n) is 11.4. The van der Waals surface area contributed by atoms with E-state index < -0.39 is 0 Å². The minimum Gasteiger partial charge on any atom is -0.402 e. The van der Waals surface area contributed by atoms with Gasteiger partial charge in [0.15, 0.2) is 0 Å². The Balaban J connectivity index is 3.03. The number of aryl methyl sites for hydroxylation is 1. The van der Waals surface area contributed by atoms with Crippen molar-refractivity contribution in [1.82, 2.24) is 9.78 Å². The molecule has 0 aliphatic heterocycles. The molecule has 0 spiro atoms. The Morgan fingerprint density at radius 3 is 2.72 bits per heavy atom. The van der Waals surface area contributed by atoms with E-state index in [0.29, 0.717) is 5.92 Å². The summed E-state index contributed by atoms with van der Waals surface area (Å²) < 4.78 is 2.66. The number of hydrogen-bond donors (Lipinski definition) is 1. The Bertz CT molecular complexity index is 458. The Morgan fingerprint density at radius 1 is 1.61 bits per heavy atom. The van der Waals surface area contributed by atoms with Crippen molar-refractivity contribution in [2.24, 2.45) is 23.7 Å². The molecule has 18 heavy (non-hydrogen) atoms. The van der Waals surface area contributed by atoms with Gasteiger partial charge in [-0.05, 0) is 34.3 Å². The molecule has 1 aromatic rings. The van der Waals surface area contributed by atoms with Crippen molar-refractivity contribution in [3.8, 4) is 0 Å². The summed E-state index contributed by atoms with van der Waals surface area (Å²) in [5.41, 5.74) is 9.24. The Kier molecular flexibility index (Phi) is 5.59. The third-order valence-corrected chi connectivity index (χ3v) is 3.32. The zero-order chi connectivity index (χ0) is 13.7. The van der Waals surface area contributed by atoms with Gasteiger partial charge in [0, 0.05) is 43.7 Å². The van der Waals surface area contributed by atoms with Crippen LogP contribution in [0.3, 0.4) is 0 Å². The lowest BCUT2D eigenvalue weighted by atomic mass is 10.0. The first-order chi connectivity index (χ1) is 8.45. The number of nitrogens with zero attached hydrogens (tertiary/aromatic N) is 3. The van der Waals surface area contributed by atoms with Crippen molar-refractivity contribution in [2.75, 3.05) is 6.54 Å². The number of allylic oxidation sites excluding steroid dienone is 2. The van der Waals surface area contributed by atoms with Gasteiger partial charge in [-0.15, -0.1) is 0 Å². The highest BCUT2D eigenvalue weighted by molar-refractivity contribution is 9.10. The molecule has 1 heterocycles. The summed E-state index contributed by atoms with van der Waals surface area (Å²) in [5, 5.41) is 4.27. The Morgan fingerprint density at radius 2 is 2.28 bits per heavy atom. The molecule has 4 nitrogen and oxygen atoms in total. The van der Waals surface area contributed by atoms with Crippen molar-refractivity contribution in [3.05, 3.63) is 27.6 Å². The summed E-state index contributed by atoms with van der Waals surface area (Å²) in [6.07, 6.45) is 4.63. The van der Waals surface area contributed by atoms with E-state index in [2.05, 4.69) is 39.9 Å². The van der Waals surface area contributed by atoms with Crippen molar-refractivity contribution >= 4 is 22.1 Å². The Labute approximate surface area is 117 Å². The third-order valence-electron chi connectivity index (χ3n) is 2.66. The summed E-state index contributed by atoms with van der Waals surface area (Å²) >= 11 is 3.46. The first-order valence-corrected chi connectivity index (χ1v) is 6.91. The molecule has 0 aliphatic carbocycles. The van der Waals surface area contributed by atoms with Gasteiger partial charge in [-0.1, -0.05) is 13.8 Å². The average Bonchev–Trinajstić information content (AvgIpc) is 2.62. The maximum Gasteiger partial charge on any atom is 0.131 e. The van der Waals surface area contributed by atoms with E-state index in [-0.39, 0.29) is 0 Å². The fourth-order valence-electron chi connectivity index (χ4n) is 1.63. The van der Waals surface area contributed by atoms with E-state index in [1.54, 1.807) is 4.68 Å². The van der Waals surface area contributed by atoms with Gasteiger partial charge in [0.1, 0.15) is 4.60 Å². The number of aromatic nitrogens is 2. The lowest BCUT2D eigenvalue weighted by Gasteiger charge is -2.10. The smallest absolute Gasteiger partial charge is 0.131 e. The fraction of sp³-hybridized carbons (Fsp3) is 0.538. The van der Waals surface area contributed by atoms with Gasteiger partial charge >= 0.3 is 0 Å². The summed E-state index contributed by atoms with van der Waals surface area (Å²) in [4.78, 5) is 4.30. The van der Waals surface area contributed by atoms with Crippen LogP contribution in [0.15, 0.2) is 27.1 Å². The monoisotopic (exact) mass is 312 g/mol. The van der Waals surface area contributed by atoms with Crippen molar-refractivity contribution < 1.29 is 0 Å². The molecule has 0 atom stereocenters. The zero-order valence-corrected chi connectivity index (χ0v) is 13.0. The van der Waals surface area contributed by atoms with Crippen LogP contribution in [0.4, 0.5) is 0 Å². The van der Waals surface area contributed by atoms with Crippen LogP contribution in [0.25, 0.3) is 0 Å². The topological polar surface area (TPSA) is 56.2 Å². The highest BCUT2D eigenvalue weighted by Crippen LogP contribution is 2.19. The second kappa shape index (κ2) is 6.73. The molecular weight excluding hydrogens is 292 g/mol. The first-order valence-electron chi connectivity index (χ1n) is 6.12. The maximum atomic E-state index is 6.15. The van der Waals surface area contributed by atoms with Gasteiger partial charge in [-0.2, -0.15) is 5.10 Å². The number of halogens is 1. The highest BCUT2D eigenvalue weighted by atomic mass is 79.9. The summed E-state index contributed by atoms with van der Waals surface area (Å²) in [7, 11) is 1.91. The minimum atomic E-state index is 0.318. The molecule has 5 heteroatoms. The van der Waals surface area contributed by atoms with Crippen LogP contribution in [-0.2, 0) is 13.5 Å². The molecule has 0 aromatic carbocycles. The quantitative estimate of drug-likeness (QED) is 0.850. The van der Waals surface area contributed by atoms with Crippen LogP contribution in [0, 0.1) is 5.92 Å². The average molecular weight is 313 g/mol. The second-order valence-electron chi connectivity index (χ2n) is 4.56. The maximum absolute atomic E-state index is 6.15. The van der Waals surface area contributed by atoms with E-state index in [1.165, 1.54) is 0 Å². The van der Waals surface area contributed by atoms with E-state index in [9.17, 15) is 0 Å². The number of aliphatic imine (C=N–C) groups is 1. The van der Waals surface area contributed by atoms with Crippen LogP contribution in [0.2, 0.25) is 0 Å². The van der Waals surface area contributed by atoms with Crippen LogP contribution in [0.5, 0.6) is 0 Å². The predicted molar refractivity (Wildman–Crippen MR) is 79.7 cm³/mol. The number of hydrogen-bond acceptors (Lipinski definition) is 3. The van der Waals surface area contributed by atoms with Crippen LogP contribution >= 0.6 is 15.9 Å². The number of rotatable bonds is 5. The molecule has 0 aliphatic rings. The molecule has 0 amide bonds. The molecule has 100 valence electrons. The third kappa shape index (κ3) is 3.98. The van der Waals surface area contributed by atoms with Crippen LogP contribution < -0.4 is 5.73 Å². The molecule has 0 unspecified atom stereocenters. The van der Waals surface area contributed by atoms with Crippen molar-refractivity contribution in [3.63, 3.8) is 0 Å². The van der Waals surface area contributed by atoms with E-state index in [1.807, 2.05) is 26.4 Å². The molecule has 0 saturated carbocycles. The van der Waals surface area contributed by atoms with Gasteiger partial charge in [-0.3, -0.25) is 9.67 Å². The molecule has 0 fully saturated rings. The highest BCUT2D eigenvalue weighted by Gasteiger charge is 2.11. The molecule has 0 bridgehead atoms. The van der Waals surface area contributed by atoms with Gasteiger partial charge in [0.2, 0.25) is 0 Å². The predicted octanol–water partition coefficient (Wildman–Crippen LogP) is 2.68. The van der Waals surface area contributed by atoms with Gasteiger partial charge in [0.05, 0.1) is 0 Å². The van der Waals surface area contributed by atoms with E-state index in [0.717, 1.165) is 34.4 Å². The largest absolute Gasteiger partial charge is 0.402 e. The lowest BCUT2D eigenvalue weighted by Crippen LogP contribution is -2.12. The summed E-state index contributed by atoms with van der Waals surface area (Å²) in [6.45, 7) is 6.96.